The van der Waals surface area contributed by atoms with Crippen LogP contribution in [-0.2, 0) is 16.0 Å². The molecule has 1 heterocycles. The minimum absolute atomic E-state index is 0.0101. The van der Waals surface area contributed by atoms with Crippen LogP contribution in [0.3, 0.4) is 0 Å². The smallest absolute Gasteiger partial charge is 0.229 e. The minimum atomic E-state index is -0.321. The van der Waals surface area contributed by atoms with Crippen molar-refractivity contribution in [3.8, 4) is 0 Å². The van der Waals surface area contributed by atoms with Gasteiger partial charge in [0.1, 0.15) is 0 Å². The van der Waals surface area contributed by atoms with E-state index in [1.54, 1.807) is 4.90 Å². The molecule has 1 N–H and O–H groups in total. The number of benzene rings is 2. The van der Waals surface area contributed by atoms with Crippen LogP contribution in [0.25, 0.3) is 0 Å². The van der Waals surface area contributed by atoms with Gasteiger partial charge in [-0.2, -0.15) is 0 Å². The Balaban J connectivity index is 1.74. The van der Waals surface area contributed by atoms with Crippen molar-refractivity contribution in [1.29, 1.82) is 0 Å². The summed E-state index contributed by atoms with van der Waals surface area (Å²) >= 11 is 0. The molecule has 130 valence electrons. The quantitative estimate of drug-likeness (QED) is 0.922. The van der Waals surface area contributed by atoms with Crippen molar-refractivity contribution < 1.29 is 9.59 Å². The van der Waals surface area contributed by atoms with E-state index in [4.69, 9.17) is 0 Å². The lowest BCUT2D eigenvalue weighted by molar-refractivity contribution is -0.122. The van der Waals surface area contributed by atoms with E-state index in [9.17, 15) is 9.59 Å². The van der Waals surface area contributed by atoms with Gasteiger partial charge in [-0.25, -0.2) is 0 Å². The fraction of sp³-hybridized carbons (Fsp3) is 0.333. The number of anilines is 2. The molecule has 3 rings (SSSR count). The van der Waals surface area contributed by atoms with Gasteiger partial charge < -0.3 is 10.2 Å². The van der Waals surface area contributed by atoms with Gasteiger partial charge in [0.25, 0.3) is 0 Å². The zero-order chi connectivity index (χ0) is 18.0. The summed E-state index contributed by atoms with van der Waals surface area (Å²) in [6.45, 7) is 6.53. The van der Waals surface area contributed by atoms with Gasteiger partial charge in [0.15, 0.2) is 0 Å². The summed E-state index contributed by atoms with van der Waals surface area (Å²) in [5, 5.41) is 3.00. The Kier molecular flexibility index (Phi) is 4.88. The summed E-state index contributed by atoms with van der Waals surface area (Å²) in [4.78, 5) is 26.8. The maximum absolute atomic E-state index is 12.7. The van der Waals surface area contributed by atoms with Crippen LogP contribution in [0.4, 0.5) is 11.4 Å². The highest BCUT2D eigenvalue weighted by atomic mass is 16.2. The van der Waals surface area contributed by atoms with Gasteiger partial charge in [0.05, 0.1) is 5.92 Å². The van der Waals surface area contributed by atoms with Crippen molar-refractivity contribution in [1.82, 2.24) is 0 Å². The van der Waals surface area contributed by atoms with Crippen molar-refractivity contribution in [2.45, 2.75) is 33.6 Å². The molecule has 0 bridgehead atoms. The van der Waals surface area contributed by atoms with Gasteiger partial charge in [0, 0.05) is 24.3 Å². The van der Waals surface area contributed by atoms with Crippen molar-refractivity contribution >= 4 is 23.2 Å². The second kappa shape index (κ2) is 7.09. The van der Waals surface area contributed by atoms with E-state index in [0.717, 1.165) is 28.9 Å². The molecule has 2 aromatic rings. The standard InChI is InChI=1S/C21H24N2O2/c1-4-16-7-5-6-8-18(16)22-21(25)17-12-20(24)23(13-17)19-10-9-14(2)11-15(19)3/h5-11,17H,4,12-13H2,1-3H3,(H,22,25)/t17-/m1/s1. The molecule has 1 fully saturated rings. The lowest BCUT2D eigenvalue weighted by Gasteiger charge is -2.19. The lowest BCUT2D eigenvalue weighted by Crippen LogP contribution is -2.28. The Hall–Kier alpha value is -2.62. The Morgan fingerprint density at radius 3 is 2.68 bits per heavy atom. The summed E-state index contributed by atoms with van der Waals surface area (Å²) in [6.07, 6.45) is 1.11. The van der Waals surface area contributed by atoms with Gasteiger partial charge in [-0.1, -0.05) is 42.8 Å². The van der Waals surface area contributed by atoms with Crippen molar-refractivity contribution in [2.24, 2.45) is 5.92 Å². The third-order valence-corrected chi connectivity index (χ3v) is 4.80. The number of carbonyl (C=O) groups is 2. The van der Waals surface area contributed by atoms with Crippen LogP contribution >= 0.6 is 0 Å². The molecule has 4 nitrogen and oxygen atoms in total. The number of amides is 2. The fourth-order valence-electron chi connectivity index (χ4n) is 3.41. The molecule has 4 heteroatoms. The molecule has 1 atom stereocenters. The normalized spacial score (nSPS) is 17.0. The molecule has 2 aromatic carbocycles. The maximum atomic E-state index is 12.7. The predicted molar refractivity (Wildman–Crippen MR) is 101 cm³/mol. The molecule has 0 radical (unpaired) electrons. The van der Waals surface area contributed by atoms with Crippen LogP contribution in [0.5, 0.6) is 0 Å². The Morgan fingerprint density at radius 2 is 1.96 bits per heavy atom. The number of hydrogen-bond acceptors (Lipinski definition) is 2. The molecule has 2 amide bonds. The highest BCUT2D eigenvalue weighted by Gasteiger charge is 2.35. The van der Waals surface area contributed by atoms with Crippen LogP contribution < -0.4 is 10.2 Å². The topological polar surface area (TPSA) is 49.4 Å². The zero-order valence-electron chi connectivity index (χ0n) is 15.0. The molecule has 1 aliphatic heterocycles. The first-order valence-corrected chi connectivity index (χ1v) is 8.76. The fourth-order valence-corrected chi connectivity index (χ4v) is 3.41. The van der Waals surface area contributed by atoms with E-state index < -0.39 is 0 Å². The Morgan fingerprint density at radius 1 is 1.20 bits per heavy atom. The first-order valence-electron chi connectivity index (χ1n) is 8.76. The summed E-state index contributed by atoms with van der Waals surface area (Å²) in [7, 11) is 0. The Bertz CT molecular complexity index is 813. The molecule has 0 aliphatic carbocycles. The molecule has 0 spiro atoms. The summed E-state index contributed by atoms with van der Waals surface area (Å²) in [6, 6.07) is 13.8. The first-order chi connectivity index (χ1) is 12.0. The first kappa shape index (κ1) is 17.2. The number of para-hydroxylation sites is 1. The molecule has 0 unspecified atom stereocenters. The van der Waals surface area contributed by atoms with Gasteiger partial charge in [-0.05, 0) is 43.5 Å². The molecule has 0 saturated carbocycles. The number of carbonyl (C=O) groups excluding carboxylic acids is 2. The van der Waals surface area contributed by atoms with Crippen molar-refractivity contribution in [3.63, 3.8) is 0 Å². The number of nitrogens with one attached hydrogen (secondary N) is 1. The van der Waals surface area contributed by atoms with Gasteiger partial charge in [0.2, 0.25) is 11.8 Å². The average Bonchev–Trinajstić information content (AvgIpc) is 2.97. The van der Waals surface area contributed by atoms with Gasteiger partial charge in [-0.15, -0.1) is 0 Å². The lowest BCUT2D eigenvalue weighted by atomic mass is 10.1. The summed E-state index contributed by atoms with van der Waals surface area (Å²) in [5.74, 6) is -0.393. The van der Waals surface area contributed by atoms with Crippen LogP contribution in [0.1, 0.15) is 30.0 Å². The molecule has 1 saturated heterocycles. The average molecular weight is 336 g/mol. The van der Waals surface area contributed by atoms with Crippen LogP contribution in [0, 0.1) is 19.8 Å². The summed E-state index contributed by atoms with van der Waals surface area (Å²) < 4.78 is 0. The highest BCUT2D eigenvalue weighted by molar-refractivity contribution is 6.04. The summed E-state index contributed by atoms with van der Waals surface area (Å²) in [5.41, 5.74) is 5.07. The zero-order valence-corrected chi connectivity index (χ0v) is 15.0. The maximum Gasteiger partial charge on any atom is 0.229 e. The number of rotatable bonds is 4. The minimum Gasteiger partial charge on any atom is -0.326 e. The van der Waals surface area contributed by atoms with Crippen LogP contribution in [0.15, 0.2) is 42.5 Å². The van der Waals surface area contributed by atoms with Crippen LogP contribution in [0.2, 0.25) is 0 Å². The number of aryl methyl sites for hydroxylation is 3. The van der Waals surface area contributed by atoms with E-state index >= 15 is 0 Å². The molecule has 1 aliphatic rings. The van der Waals surface area contributed by atoms with Crippen molar-refractivity contribution in [2.75, 3.05) is 16.8 Å². The van der Waals surface area contributed by atoms with Gasteiger partial charge >= 0.3 is 0 Å². The van der Waals surface area contributed by atoms with Crippen LogP contribution in [-0.4, -0.2) is 18.4 Å². The molecular formula is C21H24N2O2. The molecule has 0 aromatic heterocycles. The monoisotopic (exact) mass is 336 g/mol. The number of hydrogen-bond donors (Lipinski definition) is 1. The van der Waals surface area contributed by atoms with Gasteiger partial charge in [-0.3, -0.25) is 9.59 Å². The highest BCUT2D eigenvalue weighted by Crippen LogP contribution is 2.29. The Labute approximate surface area is 148 Å². The third-order valence-electron chi connectivity index (χ3n) is 4.80. The second-order valence-electron chi connectivity index (χ2n) is 6.70. The van der Waals surface area contributed by atoms with E-state index in [-0.39, 0.29) is 24.2 Å². The largest absolute Gasteiger partial charge is 0.326 e. The van der Waals surface area contributed by atoms with Crippen molar-refractivity contribution in [3.05, 3.63) is 59.2 Å². The van der Waals surface area contributed by atoms with E-state index in [0.29, 0.717) is 6.54 Å². The second-order valence-corrected chi connectivity index (χ2v) is 6.70. The SMILES string of the molecule is CCc1ccccc1NC(=O)[C@@H]1CC(=O)N(c2ccc(C)cc2C)C1. The predicted octanol–water partition coefficient (Wildman–Crippen LogP) is 3.86. The van der Waals surface area contributed by atoms with E-state index in [2.05, 4.69) is 18.3 Å². The van der Waals surface area contributed by atoms with E-state index in [1.165, 1.54) is 5.56 Å². The molecular weight excluding hydrogens is 312 g/mol. The molecule has 25 heavy (non-hydrogen) atoms. The third kappa shape index (κ3) is 3.58. The number of nitrogens with zero attached hydrogens (tertiary/aromatic N) is 1. The van der Waals surface area contributed by atoms with E-state index in [1.807, 2.05) is 50.2 Å².